The number of rotatable bonds is 5. The van der Waals surface area contributed by atoms with Crippen molar-refractivity contribution in [1.82, 2.24) is 0 Å². The van der Waals surface area contributed by atoms with Crippen molar-refractivity contribution < 1.29 is 9.34 Å². The van der Waals surface area contributed by atoms with Crippen LogP contribution in [0.25, 0.3) is 0 Å². The van der Waals surface area contributed by atoms with Crippen LogP contribution in [-0.4, -0.2) is 12.0 Å². The molecule has 0 atom stereocenters. The monoisotopic (exact) mass is 264 g/mol. The number of nitro groups is 1. The van der Waals surface area contributed by atoms with Gasteiger partial charge in [0.15, 0.2) is 0 Å². The number of anilines is 1. The van der Waals surface area contributed by atoms with E-state index < -0.39 is 0 Å². The number of para-hydroxylation sites is 1. The maximum Gasteiger partial charge on any atom is 0.305 e. The molecule has 94 valence electrons. The predicted molar refractivity (Wildman–Crippen MR) is 70.9 cm³/mol. The standard InChI is InChI=1S/C12H12N2O3S/c1-13-10-5-2-6-11(12(10)14(15)16)18-8-9-4-3-7-17-9/h2-7,13H,8H2,1H3. The van der Waals surface area contributed by atoms with Crippen LogP contribution in [0.5, 0.6) is 0 Å². The van der Waals surface area contributed by atoms with Crippen molar-refractivity contribution in [3.05, 3.63) is 52.5 Å². The second-order valence-corrected chi connectivity index (χ2v) is 4.54. The molecule has 0 saturated heterocycles. The molecule has 2 aromatic rings. The third-order valence-corrected chi connectivity index (χ3v) is 3.47. The molecule has 0 spiro atoms. The van der Waals surface area contributed by atoms with E-state index in [4.69, 9.17) is 4.42 Å². The van der Waals surface area contributed by atoms with Gasteiger partial charge in [0.25, 0.3) is 0 Å². The van der Waals surface area contributed by atoms with E-state index in [2.05, 4.69) is 5.32 Å². The van der Waals surface area contributed by atoms with Gasteiger partial charge in [-0.25, -0.2) is 0 Å². The summed E-state index contributed by atoms with van der Waals surface area (Å²) < 4.78 is 5.21. The summed E-state index contributed by atoms with van der Waals surface area (Å²) in [6.07, 6.45) is 1.59. The van der Waals surface area contributed by atoms with Crippen molar-refractivity contribution in [3.63, 3.8) is 0 Å². The Bertz CT molecular complexity index is 540. The van der Waals surface area contributed by atoms with Crippen molar-refractivity contribution in [3.8, 4) is 0 Å². The Labute approximate surface area is 108 Å². The molecular formula is C12H12N2O3S. The van der Waals surface area contributed by atoms with Gasteiger partial charge in [-0.05, 0) is 24.3 Å². The Morgan fingerprint density at radius 2 is 2.22 bits per heavy atom. The lowest BCUT2D eigenvalue weighted by Gasteiger charge is -2.06. The molecule has 0 radical (unpaired) electrons. The number of furan rings is 1. The van der Waals surface area contributed by atoms with Crippen molar-refractivity contribution in [2.24, 2.45) is 0 Å². The molecule has 0 aliphatic rings. The van der Waals surface area contributed by atoms with Crippen molar-refractivity contribution in [2.75, 3.05) is 12.4 Å². The van der Waals surface area contributed by atoms with Gasteiger partial charge in [-0.3, -0.25) is 10.1 Å². The van der Waals surface area contributed by atoms with Gasteiger partial charge in [-0.1, -0.05) is 6.07 Å². The molecule has 18 heavy (non-hydrogen) atoms. The first-order valence-electron chi connectivity index (χ1n) is 5.32. The van der Waals surface area contributed by atoms with Gasteiger partial charge in [0.1, 0.15) is 11.4 Å². The molecule has 0 aliphatic heterocycles. The molecule has 1 heterocycles. The molecule has 1 aromatic heterocycles. The van der Waals surface area contributed by atoms with Crippen LogP contribution in [0, 0.1) is 10.1 Å². The molecule has 2 rings (SSSR count). The minimum absolute atomic E-state index is 0.108. The molecule has 0 aliphatic carbocycles. The van der Waals surface area contributed by atoms with Crippen LogP contribution >= 0.6 is 11.8 Å². The highest BCUT2D eigenvalue weighted by Gasteiger charge is 2.19. The predicted octanol–water partition coefficient (Wildman–Crippen LogP) is 3.52. The van der Waals surface area contributed by atoms with Crippen molar-refractivity contribution in [1.29, 1.82) is 0 Å². The summed E-state index contributed by atoms with van der Waals surface area (Å²) in [5.41, 5.74) is 0.626. The topological polar surface area (TPSA) is 68.3 Å². The summed E-state index contributed by atoms with van der Waals surface area (Å²) in [6, 6.07) is 8.88. The van der Waals surface area contributed by atoms with E-state index in [9.17, 15) is 10.1 Å². The Morgan fingerprint density at radius 1 is 1.39 bits per heavy atom. The van der Waals surface area contributed by atoms with Crippen LogP contribution in [0.3, 0.4) is 0 Å². The average molecular weight is 264 g/mol. The van der Waals surface area contributed by atoms with Crippen molar-refractivity contribution in [2.45, 2.75) is 10.6 Å². The molecule has 0 bridgehead atoms. The minimum atomic E-state index is -0.365. The van der Waals surface area contributed by atoms with Gasteiger partial charge in [0.05, 0.1) is 21.8 Å². The van der Waals surface area contributed by atoms with Gasteiger partial charge in [0.2, 0.25) is 0 Å². The molecule has 1 aromatic carbocycles. The Morgan fingerprint density at radius 3 is 2.83 bits per heavy atom. The largest absolute Gasteiger partial charge is 0.468 e. The van der Waals surface area contributed by atoms with E-state index in [1.165, 1.54) is 11.8 Å². The molecular weight excluding hydrogens is 252 g/mol. The van der Waals surface area contributed by atoms with Crippen LogP contribution in [0.15, 0.2) is 45.9 Å². The van der Waals surface area contributed by atoms with Crippen LogP contribution in [-0.2, 0) is 5.75 Å². The lowest BCUT2D eigenvalue weighted by Crippen LogP contribution is -1.98. The molecule has 0 amide bonds. The maximum absolute atomic E-state index is 11.1. The van der Waals surface area contributed by atoms with E-state index in [0.717, 1.165) is 5.76 Å². The maximum atomic E-state index is 11.1. The average Bonchev–Trinajstić information content (AvgIpc) is 2.88. The van der Waals surface area contributed by atoms with E-state index >= 15 is 0 Å². The van der Waals surface area contributed by atoms with Gasteiger partial charge in [-0.2, -0.15) is 0 Å². The normalized spacial score (nSPS) is 10.3. The van der Waals surface area contributed by atoms with Gasteiger partial charge < -0.3 is 9.73 Å². The minimum Gasteiger partial charge on any atom is -0.468 e. The highest BCUT2D eigenvalue weighted by Crippen LogP contribution is 2.36. The number of nitrogens with one attached hydrogen (secondary N) is 1. The zero-order valence-corrected chi connectivity index (χ0v) is 10.6. The molecule has 5 nitrogen and oxygen atoms in total. The zero-order chi connectivity index (χ0) is 13.0. The number of nitrogens with zero attached hydrogens (tertiary/aromatic N) is 1. The van der Waals surface area contributed by atoms with E-state index in [1.54, 1.807) is 37.6 Å². The summed E-state index contributed by atoms with van der Waals surface area (Å²) in [5, 5.41) is 13.9. The highest BCUT2D eigenvalue weighted by atomic mass is 32.2. The first-order chi connectivity index (χ1) is 8.72. The summed E-state index contributed by atoms with van der Waals surface area (Å²) >= 11 is 1.39. The number of hydrogen-bond acceptors (Lipinski definition) is 5. The van der Waals surface area contributed by atoms with Gasteiger partial charge >= 0.3 is 5.69 Å². The lowest BCUT2D eigenvalue weighted by molar-refractivity contribution is -0.386. The number of benzene rings is 1. The quantitative estimate of drug-likeness (QED) is 0.508. The Balaban J connectivity index is 2.24. The number of thioether (sulfide) groups is 1. The number of nitro benzene ring substituents is 1. The van der Waals surface area contributed by atoms with Crippen LogP contribution < -0.4 is 5.32 Å². The second-order valence-electron chi connectivity index (χ2n) is 3.53. The molecule has 0 saturated carbocycles. The zero-order valence-electron chi connectivity index (χ0n) is 9.75. The number of hydrogen-bond donors (Lipinski definition) is 1. The molecule has 6 heteroatoms. The van der Waals surface area contributed by atoms with Crippen molar-refractivity contribution >= 4 is 23.1 Å². The molecule has 1 N–H and O–H groups in total. The summed E-state index contributed by atoms with van der Waals surface area (Å²) in [7, 11) is 1.67. The third kappa shape index (κ3) is 2.65. The summed E-state index contributed by atoms with van der Waals surface area (Å²) in [6.45, 7) is 0. The smallest absolute Gasteiger partial charge is 0.305 e. The Kier molecular flexibility index (Phi) is 3.88. The second kappa shape index (κ2) is 5.59. The van der Waals surface area contributed by atoms with Crippen LogP contribution in [0.4, 0.5) is 11.4 Å². The first kappa shape index (κ1) is 12.5. The van der Waals surface area contributed by atoms with E-state index in [0.29, 0.717) is 16.3 Å². The fourth-order valence-electron chi connectivity index (χ4n) is 1.57. The van der Waals surface area contributed by atoms with E-state index in [-0.39, 0.29) is 10.6 Å². The molecule has 0 unspecified atom stereocenters. The third-order valence-electron chi connectivity index (χ3n) is 2.40. The Hall–Kier alpha value is -1.95. The summed E-state index contributed by atoms with van der Waals surface area (Å²) in [4.78, 5) is 11.4. The van der Waals surface area contributed by atoms with Crippen LogP contribution in [0.2, 0.25) is 0 Å². The van der Waals surface area contributed by atoms with Gasteiger partial charge in [0, 0.05) is 7.05 Å². The SMILES string of the molecule is CNc1cccc(SCc2ccco2)c1[N+](=O)[O-]. The highest BCUT2D eigenvalue weighted by molar-refractivity contribution is 7.98. The van der Waals surface area contributed by atoms with E-state index in [1.807, 2.05) is 6.07 Å². The van der Waals surface area contributed by atoms with Crippen LogP contribution in [0.1, 0.15) is 5.76 Å². The fraction of sp³-hybridized carbons (Fsp3) is 0.167. The molecule has 0 fully saturated rings. The first-order valence-corrected chi connectivity index (χ1v) is 6.31. The lowest BCUT2D eigenvalue weighted by atomic mass is 10.3. The summed E-state index contributed by atoms with van der Waals surface area (Å²) in [5.74, 6) is 1.37. The fourth-order valence-corrected chi connectivity index (χ4v) is 2.53. The van der Waals surface area contributed by atoms with Gasteiger partial charge in [-0.15, -0.1) is 11.8 Å².